The molecule has 0 spiro atoms. The number of hydrogen-bond donors (Lipinski definition) is 1. The molecule has 2 aliphatic rings. The van der Waals surface area contributed by atoms with E-state index in [0.717, 1.165) is 35.3 Å². The van der Waals surface area contributed by atoms with Crippen molar-refractivity contribution in [2.45, 2.75) is 25.3 Å². The maximum absolute atomic E-state index is 9.71. The second-order valence-electron chi connectivity index (χ2n) is 5.85. The van der Waals surface area contributed by atoms with E-state index in [4.69, 9.17) is 4.42 Å². The monoisotopic (exact) mass is 267 g/mol. The first-order valence-corrected chi connectivity index (χ1v) is 6.99. The van der Waals surface area contributed by atoms with Gasteiger partial charge in [0, 0.05) is 35.7 Å². The SMILES string of the molecule is C=C1CC2c3oc4ccc(O)cc4c3C=CN(C1)C2C. The van der Waals surface area contributed by atoms with Crippen LogP contribution in [0.15, 0.2) is 41.0 Å². The second-order valence-corrected chi connectivity index (χ2v) is 5.85. The molecule has 0 amide bonds. The summed E-state index contributed by atoms with van der Waals surface area (Å²) in [6.45, 7) is 7.31. The lowest BCUT2D eigenvalue weighted by molar-refractivity contribution is 0.226. The molecule has 0 saturated carbocycles. The number of benzene rings is 1. The highest BCUT2D eigenvalue weighted by Crippen LogP contribution is 2.43. The Bertz CT molecular complexity index is 741. The Morgan fingerprint density at radius 2 is 2.25 bits per heavy atom. The molecule has 2 unspecified atom stereocenters. The van der Waals surface area contributed by atoms with Gasteiger partial charge in [-0.05, 0) is 37.6 Å². The lowest BCUT2D eigenvalue weighted by Gasteiger charge is -2.38. The molecule has 2 bridgehead atoms. The standard InChI is InChI=1S/C17H17NO2/c1-10-7-14-11(2)18(9-10)6-5-13-15-8-12(19)3-4-16(15)20-17(13)14/h3-6,8,11,14,19H,1,7,9H2,2H3. The summed E-state index contributed by atoms with van der Waals surface area (Å²) >= 11 is 0. The van der Waals surface area contributed by atoms with E-state index >= 15 is 0 Å². The van der Waals surface area contributed by atoms with E-state index in [0.29, 0.717) is 12.0 Å². The number of aromatic hydroxyl groups is 1. The molecule has 0 aliphatic carbocycles. The van der Waals surface area contributed by atoms with E-state index in [9.17, 15) is 5.11 Å². The number of fused-ring (bicyclic) bond motifs is 6. The zero-order valence-corrected chi connectivity index (χ0v) is 11.5. The predicted octanol–water partition coefficient (Wildman–Crippen LogP) is 3.86. The van der Waals surface area contributed by atoms with Crippen molar-refractivity contribution in [1.29, 1.82) is 0 Å². The highest BCUT2D eigenvalue weighted by Gasteiger charge is 2.35. The molecule has 102 valence electrons. The zero-order valence-electron chi connectivity index (χ0n) is 11.5. The van der Waals surface area contributed by atoms with E-state index in [1.807, 2.05) is 6.07 Å². The molecule has 1 aromatic carbocycles. The third-order valence-corrected chi connectivity index (χ3v) is 4.53. The van der Waals surface area contributed by atoms with Crippen LogP contribution in [0.4, 0.5) is 0 Å². The normalized spacial score (nSPS) is 24.9. The Morgan fingerprint density at radius 3 is 3.10 bits per heavy atom. The van der Waals surface area contributed by atoms with Crippen LogP contribution in [0.25, 0.3) is 17.0 Å². The van der Waals surface area contributed by atoms with E-state index in [-0.39, 0.29) is 5.75 Å². The molecule has 1 saturated heterocycles. The minimum atomic E-state index is 0.277. The van der Waals surface area contributed by atoms with Crippen LogP contribution in [-0.4, -0.2) is 22.6 Å². The molecule has 3 heteroatoms. The lowest BCUT2D eigenvalue weighted by Crippen LogP contribution is -2.38. The van der Waals surface area contributed by atoms with Gasteiger partial charge in [0.15, 0.2) is 0 Å². The highest BCUT2D eigenvalue weighted by atomic mass is 16.3. The van der Waals surface area contributed by atoms with Crippen molar-refractivity contribution in [3.8, 4) is 5.75 Å². The summed E-state index contributed by atoms with van der Waals surface area (Å²) in [5.74, 6) is 1.63. The number of rotatable bonds is 0. The highest BCUT2D eigenvalue weighted by molar-refractivity contribution is 5.90. The molecular weight excluding hydrogens is 250 g/mol. The number of phenols is 1. The zero-order chi connectivity index (χ0) is 13.9. The van der Waals surface area contributed by atoms with E-state index in [1.54, 1.807) is 12.1 Å². The van der Waals surface area contributed by atoms with Gasteiger partial charge in [0.2, 0.25) is 0 Å². The molecule has 1 fully saturated rings. The molecule has 2 aliphatic heterocycles. The summed E-state index contributed by atoms with van der Waals surface area (Å²) in [6.07, 6.45) is 5.21. The van der Waals surface area contributed by atoms with Crippen molar-refractivity contribution in [3.63, 3.8) is 0 Å². The van der Waals surface area contributed by atoms with Crippen LogP contribution < -0.4 is 0 Å². The summed E-state index contributed by atoms with van der Waals surface area (Å²) in [5.41, 5.74) is 3.19. The molecule has 4 rings (SSSR count). The number of furan rings is 1. The average Bonchev–Trinajstić information content (AvgIpc) is 2.74. The molecule has 1 aromatic heterocycles. The number of nitrogens with zero attached hydrogens (tertiary/aromatic N) is 1. The Kier molecular flexibility index (Phi) is 2.28. The van der Waals surface area contributed by atoms with Crippen molar-refractivity contribution in [2.75, 3.05) is 6.54 Å². The van der Waals surface area contributed by atoms with Crippen LogP contribution in [0.3, 0.4) is 0 Å². The smallest absolute Gasteiger partial charge is 0.135 e. The Balaban J connectivity index is 1.99. The minimum absolute atomic E-state index is 0.277. The Morgan fingerprint density at radius 1 is 1.40 bits per heavy atom. The summed E-state index contributed by atoms with van der Waals surface area (Å²) in [7, 11) is 0. The maximum Gasteiger partial charge on any atom is 0.135 e. The number of piperidine rings is 1. The van der Waals surface area contributed by atoms with Gasteiger partial charge in [-0.15, -0.1) is 0 Å². The Labute approximate surface area is 117 Å². The fourth-order valence-corrected chi connectivity index (χ4v) is 3.42. The van der Waals surface area contributed by atoms with Gasteiger partial charge < -0.3 is 14.4 Å². The van der Waals surface area contributed by atoms with Gasteiger partial charge in [0.1, 0.15) is 17.1 Å². The van der Waals surface area contributed by atoms with E-state index in [1.165, 1.54) is 5.57 Å². The van der Waals surface area contributed by atoms with Crippen LogP contribution in [0.1, 0.15) is 30.6 Å². The first kappa shape index (κ1) is 11.6. The Hall–Kier alpha value is -2.16. The van der Waals surface area contributed by atoms with Crippen LogP contribution in [-0.2, 0) is 0 Å². The molecular formula is C17H17NO2. The quantitative estimate of drug-likeness (QED) is 0.736. The fraction of sp³-hybridized carbons (Fsp3) is 0.294. The summed E-state index contributed by atoms with van der Waals surface area (Å²) in [4.78, 5) is 2.32. The first-order chi connectivity index (χ1) is 9.63. The minimum Gasteiger partial charge on any atom is -0.508 e. The van der Waals surface area contributed by atoms with Crippen molar-refractivity contribution < 1.29 is 9.52 Å². The van der Waals surface area contributed by atoms with Gasteiger partial charge in [-0.2, -0.15) is 0 Å². The van der Waals surface area contributed by atoms with Crippen LogP contribution in [0, 0.1) is 0 Å². The van der Waals surface area contributed by atoms with E-state index in [2.05, 4.69) is 30.7 Å². The number of hydrogen-bond acceptors (Lipinski definition) is 3. The van der Waals surface area contributed by atoms with Gasteiger partial charge in [-0.1, -0.05) is 12.2 Å². The van der Waals surface area contributed by atoms with Crippen molar-refractivity contribution in [2.24, 2.45) is 0 Å². The third kappa shape index (κ3) is 1.52. The summed E-state index contributed by atoms with van der Waals surface area (Å²) < 4.78 is 6.10. The lowest BCUT2D eigenvalue weighted by atomic mass is 9.85. The molecule has 2 aromatic rings. The largest absolute Gasteiger partial charge is 0.508 e. The topological polar surface area (TPSA) is 36.6 Å². The number of phenolic OH excluding ortho intramolecular Hbond substituents is 1. The molecule has 0 radical (unpaired) electrons. The van der Waals surface area contributed by atoms with Gasteiger partial charge >= 0.3 is 0 Å². The molecule has 3 heterocycles. The summed E-state index contributed by atoms with van der Waals surface area (Å²) in [5, 5.41) is 10.7. The van der Waals surface area contributed by atoms with Crippen molar-refractivity contribution in [3.05, 3.63) is 47.9 Å². The first-order valence-electron chi connectivity index (χ1n) is 6.99. The molecule has 1 N–H and O–H groups in total. The van der Waals surface area contributed by atoms with Crippen molar-refractivity contribution in [1.82, 2.24) is 4.90 Å². The van der Waals surface area contributed by atoms with Gasteiger partial charge in [0.25, 0.3) is 0 Å². The fourth-order valence-electron chi connectivity index (χ4n) is 3.42. The average molecular weight is 267 g/mol. The molecule has 2 atom stereocenters. The second kappa shape index (κ2) is 3.92. The van der Waals surface area contributed by atoms with Gasteiger partial charge in [-0.3, -0.25) is 0 Å². The van der Waals surface area contributed by atoms with Crippen LogP contribution in [0.2, 0.25) is 0 Å². The van der Waals surface area contributed by atoms with Crippen LogP contribution in [0.5, 0.6) is 5.75 Å². The predicted molar refractivity (Wildman–Crippen MR) is 79.6 cm³/mol. The molecule has 3 nitrogen and oxygen atoms in total. The van der Waals surface area contributed by atoms with Crippen molar-refractivity contribution >= 4 is 17.0 Å². The summed E-state index contributed by atoms with van der Waals surface area (Å²) in [6, 6.07) is 5.70. The maximum atomic E-state index is 9.71. The van der Waals surface area contributed by atoms with Crippen LogP contribution >= 0.6 is 0 Å². The van der Waals surface area contributed by atoms with Gasteiger partial charge in [-0.25, -0.2) is 0 Å². The molecule has 20 heavy (non-hydrogen) atoms. The van der Waals surface area contributed by atoms with Gasteiger partial charge in [0.05, 0.1) is 0 Å². The van der Waals surface area contributed by atoms with E-state index < -0.39 is 0 Å². The third-order valence-electron chi connectivity index (χ3n) is 4.53.